The minimum absolute atomic E-state index is 0.0676. The number of carboxylic acid groups (broad SMARTS) is 1. The molecule has 1 spiro atoms. The minimum Gasteiger partial charge on any atom is -0.480 e. The van der Waals surface area contributed by atoms with E-state index in [4.69, 9.17) is 30.1 Å². The van der Waals surface area contributed by atoms with Crippen LogP contribution in [0.5, 0.6) is 0 Å². The zero-order valence-electron chi connectivity index (χ0n) is 30.5. The average molecular weight is 727 g/mol. The number of nitrogens with one attached hydrogen (secondary N) is 1. The number of nitrogens with two attached hydrogens (primary N) is 2. The summed E-state index contributed by atoms with van der Waals surface area (Å²) in [4.78, 5) is 64.7. The van der Waals surface area contributed by atoms with Crippen LogP contribution in [0.3, 0.4) is 0 Å². The molecule has 1 amide bonds. The lowest BCUT2D eigenvalue weighted by molar-refractivity contribution is -0.168. The fourth-order valence-corrected chi connectivity index (χ4v) is 11.0. The Bertz CT molecular complexity index is 1610. The predicted octanol–water partition coefficient (Wildman–Crippen LogP) is 3.53. The first kappa shape index (κ1) is 37.8. The number of carbonyl (C=O) groups excluding carboxylic acids is 3. The van der Waals surface area contributed by atoms with Gasteiger partial charge in [-0.3, -0.25) is 19.4 Å². The van der Waals surface area contributed by atoms with Crippen molar-refractivity contribution in [2.45, 2.75) is 140 Å². The van der Waals surface area contributed by atoms with Crippen molar-refractivity contribution in [3.63, 3.8) is 0 Å². The third-order valence-corrected chi connectivity index (χ3v) is 13.4. The summed E-state index contributed by atoms with van der Waals surface area (Å²) in [5, 5.41) is 12.0. The summed E-state index contributed by atoms with van der Waals surface area (Å²) in [5.41, 5.74) is 10.4. The van der Waals surface area contributed by atoms with Gasteiger partial charge in [-0.25, -0.2) is 9.59 Å². The molecule has 5 fully saturated rings. The van der Waals surface area contributed by atoms with Gasteiger partial charge in [-0.15, -0.1) is 0 Å². The fourth-order valence-electron chi connectivity index (χ4n) is 11.0. The third-order valence-electron chi connectivity index (χ3n) is 13.4. The van der Waals surface area contributed by atoms with Gasteiger partial charge in [-0.2, -0.15) is 0 Å². The highest BCUT2D eigenvalue weighted by Gasteiger charge is 2.84. The Morgan fingerprint density at radius 1 is 1.02 bits per heavy atom. The molecule has 1 saturated heterocycles. The number of unbranched alkanes of at least 4 members (excludes halogenated alkanes) is 1. The van der Waals surface area contributed by atoms with E-state index in [1.54, 1.807) is 6.07 Å². The summed E-state index contributed by atoms with van der Waals surface area (Å²) < 4.78 is 24.0. The quantitative estimate of drug-likeness (QED) is 0.0710. The van der Waals surface area contributed by atoms with Crippen molar-refractivity contribution in [3.8, 4) is 0 Å². The highest BCUT2D eigenvalue weighted by Crippen LogP contribution is 2.78. The molecule has 5 aliphatic rings. The molecule has 0 unspecified atom stereocenters. The standard InChI is InChI=1S/C38H54N4O10/c1-21(43)50-32-31(22-10-13-29(45)49-20-22)37(3)17-15-25-26(38(37)33(32)52-38)12-11-23-19-24(14-16-36(23,25)2)51-30(46)9-5-4-8-28(44)42-27(34(47)48)7-6-18-41-35(39)40/h10,13,20,23-27,31-33H,4-9,11-12,14-19H2,1-3H3,(H,42,44)(H,47,48)(H4,39,40,41)/t23-,24+,25+,26-,27+,31+,32-,33-,36+,37-,38-/m1/s1. The lowest BCUT2D eigenvalue weighted by atomic mass is 9.44. The lowest BCUT2D eigenvalue weighted by Gasteiger charge is -2.61. The minimum atomic E-state index is -1.12. The SMILES string of the molecule is CC(=O)O[C@H]1[C@H]2O[C@]23[C@@H]2CC[C@@H]4C[C@@H](OC(=O)CCCCC(=O)N[C@@H](CCCN=C(N)N)C(=O)O)CC[C@]4(C)[C@H]2CC[C@]3(C)[C@H]1c1ccc(=O)oc1. The molecule has 6 rings (SSSR count). The molecule has 1 aromatic rings. The molecule has 286 valence electrons. The van der Waals surface area contributed by atoms with Crippen molar-refractivity contribution in [1.82, 2.24) is 5.32 Å². The van der Waals surface area contributed by atoms with Gasteiger partial charge in [0.2, 0.25) is 5.91 Å². The number of hydrogen-bond acceptors (Lipinski definition) is 10. The van der Waals surface area contributed by atoms with Gasteiger partial charge in [0.15, 0.2) is 5.96 Å². The van der Waals surface area contributed by atoms with Gasteiger partial charge in [-0.1, -0.05) is 13.8 Å². The van der Waals surface area contributed by atoms with Crippen LogP contribution in [0.4, 0.5) is 0 Å². The number of hydrogen-bond donors (Lipinski definition) is 4. The van der Waals surface area contributed by atoms with E-state index in [-0.39, 0.29) is 78.6 Å². The van der Waals surface area contributed by atoms with E-state index >= 15 is 0 Å². The van der Waals surface area contributed by atoms with Crippen LogP contribution in [-0.2, 0) is 33.4 Å². The number of carboxylic acids is 1. The van der Waals surface area contributed by atoms with Gasteiger partial charge in [0.25, 0.3) is 0 Å². The molecule has 0 bridgehead atoms. The monoisotopic (exact) mass is 726 g/mol. The van der Waals surface area contributed by atoms with Crippen LogP contribution >= 0.6 is 0 Å². The number of epoxide rings is 1. The van der Waals surface area contributed by atoms with E-state index in [1.807, 2.05) is 0 Å². The van der Waals surface area contributed by atoms with Crippen molar-refractivity contribution in [1.29, 1.82) is 0 Å². The van der Waals surface area contributed by atoms with Gasteiger partial charge in [0.05, 0.1) is 6.26 Å². The topological polar surface area (TPSA) is 226 Å². The molecule has 52 heavy (non-hydrogen) atoms. The smallest absolute Gasteiger partial charge is 0.335 e. The maximum Gasteiger partial charge on any atom is 0.335 e. The van der Waals surface area contributed by atoms with Gasteiger partial charge < -0.3 is 40.5 Å². The first-order chi connectivity index (χ1) is 24.7. The predicted molar refractivity (Wildman–Crippen MR) is 188 cm³/mol. The Kier molecular flexibility index (Phi) is 10.8. The van der Waals surface area contributed by atoms with Crippen LogP contribution in [-0.4, -0.2) is 71.4 Å². The Labute approximate surface area is 303 Å². The van der Waals surface area contributed by atoms with Crippen LogP contribution in [0.25, 0.3) is 0 Å². The number of aliphatic carboxylic acids is 1. The first-order valence-corrected chi connectivity index (χ1v) is 18.9. The number of amides is 1. The van der Waals surface area contributed by atoms with Crippen molar-refractivity contribution >= 4 is 29.8 Å². The Morgan fingerprint density at radius 2 is 1.79 bits per heavy atom. The van der Waals surface area contributed by atoms with E-state index in [2.05, 4.69) is 24.2 Å². The highest BCUT2D eigenvalue weighted by atomic mass is 16.7. The summed E-state index contributed by atoms with van der Waals surface area (Å²) >= 11 is 0. The second-order valence-electron chi connectivity index (χ2n) is 16.2. The van der Waals surface area contributed by atoms with Crippen molar-refractivity contribution in [2.24, 2.45) is 45.0 Å². The summed E-state index contributed by atoms with van der Waals surface area (Å²) in [6, 6.07) is 2.21. The molecular formula is C38H54N4O10. The van der Waals surface area contributed by atoms with E-state index in [1.165, 1.54) is 19.3 Å². The van der Waals surface area contributed by atoms with E-state index in [0.717, 1.165) is 50.5 Å². The van der Waals surface area contributed by atoms with Crippen LogP contribution in [0, 0.1) is 28.6 Å². The van der Waals surface area contributed by atoms with E-state index in [9.17, 15) is 29.1 Å². The van der Waals surface area contributed by atoms with Crippen molar-refractivity contribution < 1.29 is 42.9 Å². The van der Waals surface area contributed by atoms with E-state index in [0.29, 0.717) is 37.0 Å². The summed E-state index contributed by atoms with van der Waals surface area (Å²) in [6.07, 6.45) is 9.07. The number of rotatable bonds is 14. The number of aliphatic imine (C=N–C) groups is 1. The van der Waals surface area contributed by atoms with Gasteiger partial charge in [-0.05, 0) is 105 Å². The molecule has 14 heteroatoms. The highest BCUT2D eigenvalue weighted by molar-refractivity contribution is 5.83. The molecule has 11 atom stereocenters. The molecular weight excluding hydrogens is 672 g/mol. The number of esters is 2. The Balaban J connectivity index is 1.00. The van der Waals surface area contributed by atoms with Crippen molar-refractivity contribution in [3.05, 3.63) is 34.4 Å². The number of carbonyl (C=O) groups is 4. The second-order valence-corrected chi connectivity index (χ2v) is 16.2. The molecule has 2 heterocycles. The Hall–Kier alpha value is -3.94. The third kappa shape index (κ3) is 7.06. The maximum absolute atomic E-state index is 12.9. The zero-order valence-corrected chi connectivity index (χ0v) is 30.5. The number of nitrogens with zero attached hydrogens (tertiary/aromatic N) is 1. The van der Waals surface area contributed by atoms with Gasteiger partial charge in [0.1, 0.15) is 30.0 Å². The van der Waals surface area contributed by atoms with Crippen LogP contribution < -0.4 is 22.4 Å². The van der Waals surface area contributed by atoms with Crippen LogP contribution in [0.1, 0.15) is 116 Å². The molecule has 14 nitrogen and oxygen atoms in total. The zero-order chi connectivity index (χ0) is 37.4. The first-order valence-electron chi connectivity index (χ1n) is 18.9. The second kappa shape index (κ2) is 14.8. The summed E-state index contributed by atoms with van der Waals surface area (Å²) in [5.74, 6) is -1.16. The molecule has 0 aromatic carbocycles. The number of guanidine groups is 1. The van der Waals surface area contributed by atoms with Crippen LogP contribution in [0.2, 0.25) is 0 Å². The maximum atomic E-state index is 12.9. The van der Waals surface area contributed by atoms with Crippen LogP contribution in [0.15, 0.2) is 32.6 Å². The molecule has 1 aliphatic heterocycles. The molecule has 1 aromatic heterocycles. The molecule has 4 aliphatic carbocycles. The average Bonchev–Trinajstić information content (AvgIpc) is 3.79. The number of ether oxygens (including phenoxy) is 3. The molecule has 4 saturated carbocycles. The summed E-state index contributed by atoms with van der Waals surface area (Å²) in [7, 11) is 0. The van der Waals surface area contributed by atoms with Crippen molar-refractivity contribution in [2.75, 3.05) is 6.54 Å². The van der Waals surface area contributed by atoms with E-state index < -0.39 is 29.3 Å². The largest absolute Gasteiger partial charge is 0.480 e. The molecule has 6 N–H and O–H groups in total. The fraction of sp³-hybridized carbons (Fsp3) is 0.737. The van der Waals surface area contributed by atoms with Gasteiger partial charge in [0, 0.05) is 43.7 Å². The molecule has 0 radical (unpaired) electrons. The van der Waals surface area contributed by atoms with Gasteiger partial charge >= 0.3 is 23.5 Å². The summed E-state index contributed by atoms with van der Waals surface area (Å²) in [6.45, 7) is 6.39. The normalized spacial score (nSPS) is 36.1. The lowest BCUT2D eigenvalue weighted by Crippen LogP contribution is -2.58. The number of fused-ring (bicyclic) bond motifs is 3. The Morgan fingerprint density at radius 3 is 2.48 bits per heavy atom.